The van der Waals surface area contributed by atoms with Crippen LogP contribution in [-0.4, -0.2) is 15.1 Å². The van der Waals surface area contributed by atoms with Crippen molar-refractivity contribution in [3.63, 3.8) is 0 Å². The van der Waals surface area contributed by atoms with Crippen LogP contribution in [0.25, 0.3) is 21.8 Å². The van der Waals surface area contributed by atoms with Crippen LogP contribution in [0.3, 0.4) is 0 Å². The predicted molar refractivity (Wildman–Crippen MR) is 71.0 cm³/mol. The fourth-order valence-corrected chi connectivity index (χ4v) is 2.15. The first kappa shape index (κ1) is 10.8. The number of aromatic nitrogens is 2. The van der Waals surface area contributed by atoms with Gasteiger partial charge in [0, 0.05) is 23.3 Å². The molecule has 0 unspecified atom stereocenters. The molecule has 0 aliphatic rings. The molecule has 0 spiro atoms. The van der Waals surface area contributed by atoms with E-state index in [9.17, 15) is 9.90 Å². The molecular formula is C14H12N2O2. The van der Waals surface area contributed by atoms with Crippen molar-refractivity contribution in [1.82, 2.24) is 9.97 Å². The molecule has 0 radical (unpaired) electrons. The van der Waals surface area contributed by atoms with Gasteiger partial charge in [-0.3, -0.25) is 9.78 Å². The molecule has 0 bridgehead atoms. The van der Waals surface area contributed by atoms with Gasteiger partial charge in [0.05, 0.1) is 16.4 Å². The average molecular weight is 240 g/mol. The Balaban J connectivity index is 2.62. The Hall–Kier alpha value is -2.36. The van der Waals surface area contributed by atoms with Gasteiger partial charge in [-0.2, -0.15) is 0 Å². The molecule has 0 saturated carbocycles. The van der Waals surface area contributed by atoms with Gasteiger partial charge in [-0.25, -0.2) is 0 Å². The molecule has 0 atom stereocenters. The zero-order valence-electron chi connectivity index (χ0n) is 10.1. The highest BCUT2D eigenvalue weighted by atomic mass is 16.3. The van der Waals surface area contributed by atoms with E-state index in [1.54, 1.807) is 25.4 Å². The Morgan fingerprint density at radius 1 is 1.28 bits per heavy atom. The molecule has 0 aliphatic carbocycles. The van der Waals surface area contributed by atoms with Crippen molar-refractivity contribution in [3.05, 3.63) is 45.9 Å². The zero-order chi connectivity index (χ0) is 12.9. The summed E-state index contributed by atoms with van der Waals surface area (Å²) in [6, 6.07) is 3.61. The Morgan fingerprint density at radius 3 is 2.83 bits per heavy atom. The summed E-state index contributed by atoms with van der Waals surface area (Å²) in [5.41, 5.74) is 2.65. The van der Waals surface area contributed by atoms with Crippen LogP contribution in [-0.2, 0) is 0 Å². The molecule has 3 rings (SSSR count). The number of H-pyrrole nitrogens is 1. The van der Waals surface area contributed by atoms with Crippen molar-refractivity contribution in [3.8, 4) is 5.75 Å². The third-order valence-electron chi connectivity index (χ3n) is 3.13. The minimum atomic E-state index is -0.148. The molecule has 0 amide bonds. The Labute approximate surface area is 103 Å². The number of fused-ring (bicyclic) bond motifs is 2. The SMILES string of the molecule is Cc1cnc2cc3[nH]cc(C)c(=O)c3c(O)c2c1. The summed E-state index contributed by atoms with van der Waals surface area (Å²) in [5.74, 6) is 0.00338. The number of phenols is 1. The standard InChI is InChI=1S/C14H12N2O2/c1-7-3-9-10(15-5-7)4-11-12(14(9)18)13(17)8(2)6-16-11/h3-6,18H,1-2H3,(H,16,17). The lowest BCUT2D eigenvalue weighted by Gasteiger charge is -2.06. The maximum atomic E-state index is 12.1. The Kier molecular flexibility index (Phi) is 2.13. The lowest BCUT2D eigenvalue weighted by Crippen LogP contribution is -2.06. The summed E-state index contributed by atoms with van der Waals surface area (Å²) >= 11 is 0. The summed E-state index contributed by atoms with van der Waals surface area (Å²) in [6.07, 6.45) is 3.38. The summed E-state index contributed by atoms with van der Waals surface area (Å²) in [7, 11) is 0. The summed E-state index contributed by atoms with van der Waals surface area (Å²) < 4.78 is 0. The number of aromatic amines is 1. The summed E-state index contributed by atoms with van der Waals surface area (Å²) in [6.45, 7) is 3.62. The van der Waals surface area contributed by atoms with Crippen LogP contribution in [0, 0.1) is 13.8 Å². The van der Waals surface area contributed by atoms with Gasteiger partial charge in [-0.05, 0) is 31.5 Å². The van der Waals surface area contributed by atoms with Gasteiger partial charge in [0.2, 0.25) is 0 Å². The third kappa shape index (κ3) is 1.39. The van der Waals surface area contributed by atoms with Crippen LogP contribution in [0.15, 0.2) is 29.3 Å². The minimum absolute atomic E-state index is 0.00338. The van der Waals surface area contributed by atoms with Crippen LogP contribution in [0.4, 0.5) is 0 Å². The fraction of sp³-hybridized carbons (Fsp3) is 0.143. The van der Waals surface area contributed by atoms with Crippen LogP contribution in [0.5, 0.6) is 5.75 Å². The van der Waals surface area contributed by atoms with Gasteiger partial charge in [-0.1, -0.05) is 0 Å². The summed E-state index contributed by atoms with van der Waals surface area (Å²) in [4.78, 5) is 19.3. The molecule has 2 N–H and O–H groups in total. The van der Waals surface area contributed by atoms with Gasteiger partial charge in [-0.15, -0.1) is 0 Å². The lowest BCUT2D eigenvalue weighted by atomic mass is 10.1. The van der Waals surface area contributed by atoms with E-state index in [0.29, 0.717) is 27.4 Å². The van der Waals surface area contributed by atoms with Gasteiger partial charge in [0.1, 0.15) is 5.75 Å². The van der Waals surface area contributed by atoms with E-state index in [4.69, 9.17) is 0 Å². The normalized spacial score (nSPS) is 11.2. The molecule has 3 aromatic rings. The molecule has 0 saturated heterocycles. The van der Waals surface area contributed by atoms with Crippen molar-refractivity contribution < 1.29 is 5.11 Å². The number of pyridine rings is 2. The number of nitrogens with one attached hydrogen (secondary N) is 1. The van der Waals surface area contributed by atoms with Gasteiger partial charge < -0.3 is 10.1 Å². The van der Waals surface area contributed by atoms with Crippen molar-refractivity contribution in [2.75, 3.05) is 0 Å². The van der Waals surface area contributed by atoms with Crippen LogP contribution >= 0.6 is 0 Å². The van der Waals surface area contributed by atoms with Crippen LogP contribution < -0.4 is 5.43 Å². The van der Waals surface area contributed by atoms with Gasteiger partial charge >= 0.3 is 0 Å². The second-order valence-electron chi connectivity index (χ2n) is 4.53. The predicted octanol–water partition coefficient (Wildman–Crippen LogP) is 2.40. The quantitative estimate of drug-likeness (QED) is 0.593. The first-order valence-electron chi connectivity index (χ1n) is 5.68. The first-order valence-corrected chi connectivity index (χ1v) is 5.68. The Morgan fingerprint density at radius 2 is 2.06 bits per heavy atom. The van der Waals surface area contributed by atoms with Crippen molar-refractivity contribution >= 4 is 21.8 Å². The number of benzene rings is 1. The molecule has 0 aliphatic heterocycles. The highest BCUT2D eigenvalue weighted by Gasteiger charge is 2.11. The molecule has 2 heterocycles. The monoisotopic (exact) mass is 240 g/mol. The zero-order valence-corrected chi connectivity index (χ0v) is 10.1. The highest BCUT2D eigenvalue weighted by Crippen LogP contribution is 2.30. The summed E-state index contributed by atoms with van der Waals surface area (Å²) in [5, 5.41) is 11.2. The number of phenolic OH excluding ortho intramolecular Hbond substituents is 1. The second kappa shape index (κ2) is 3.57. The second-order valence-corrected chi connectivity index (χ2v) is 4.53. The molecule has 90 valence electrons. The third-order valence-corrected chi connectivity index (χ3v) is 3.13. The van der Waals surface area contributed by atoms with Crippen molar-refractivity contribution in [2.24, 2.45) is 0 Å². The van der Waals surface area contributed by atoms with Crippen LogP contribution in [0.1, 0.15) is 11.1 Å². The molecule has 18 heavy (non-hydrogen) atoms. The van der Waals surface area contributed by atoms with Gasteiger partial charge in [0.15, 0.2) is 5.43 Å². The topological polar surface area (TPSA) is 66.0 Å². The number of aromatic hydroxyl groups is 1. The Bertz CT molecular complexity index is 834. The van der Waals surface area contributed by atoms with E-state index in [2.05, 4.69) is 9.97 Å². The van der Waals surface area contributed by atoms with E-state index in [0.717, 1.165) is 5.56 Å². The molecule has 1 aromatic carbocycles. The molecule has 0 fully saturated rings. The molecule has 2 aromatic heterocycles. The maximum Gasteiger partial charge on any atom is 0.196 e. The van der Waals surface area contributed by atoms with E-state index in [-0.39, 0.29) is 11.2 Å². The maximum absolute atomic E-state index is 12.1. The minimum Gasteiger partial charge on any atom is -0.506 e. The van der Waals surface area contributed by atoms with E-state index in [1.807, 2.05) is 13.0 Å². The largest absolute Gasteiger partial charge is 0.506 e. The number of hydrogen-bond donors (Lipinski definition) is 2. The number of nitrogens with zero attached hydrogens (tertiary/aromatic N) is 1. The average Bonchev–Trinajstić information content (AvgIpc) is 2.35. The molecule has 4 nitrogen and oxygen atoms in total. The lowest BCUT2D eigenvalue weighted by molar-refractivity contribution is 0.487. The fourth-order valence-electron chi connectivity index (χ4n) is 2.15. The number of rotatable bonds is 0. The van der Waals surface area contributed by atoms with Crippen molar-refractivity contribution in [2.45, 2.75) is 13.8 Å². The van der Waals surface area contributed by atoms with Crippen molar-refractivity contribution in [1.29, 1.82) is 0 Å². The molecular weight excluding hydrogens is 228 g/mol. The number of aryl methyl sites for hydroxylation is 2. The van der Waals surface area contributed by atoms with Crippen LogP contribution in [0.2, 0.25) is 0 Å². The van der Waals surface area contributed by atoms with E-state index >= 15 is 0 Å². The number of hydrogen-bond acceptors (Lipinski definition) is 3. The molecule has 4 heteroatoms. The van der Waals surface area contributed by atoms with Gasteiger partial charge in [0.25, 0.3) is 0 Å². The highest BCUT2D eigenvalue weighted by molar-refractivity contribution is 6.02. The van der Waals surface area contributed by atoms with E-state index in [1.165, 1.54) is 0 Å². The first-order chi connectivity index (χ1) is 8.58. The smallest absolute Gasteiger partial charge is 0.196 e. The van der Waals surface area contributed by atoms with E-state index < -0.39 is 0 Å².